The van der Waals surface area contributed by atoms with Gasteiger partial charge in [0.1, 0.15) is 0 Å². The first-order chi connectivity index (χ1) is 12.4. The fourth-order valence-corrected chi connectivity index (χ4v) is 3.77. The monoisotopic (exact) mass is 376 g/mol. The number of amides is 1. The molecule has 1 saturated carbocycles. The van der Waals surface area contributed by atoms with Crippen LogP contribution in [0.5, 0.6) is 0 Å². The van der Waals surface area contributed by atoms with Gasteiger partial charge in [-0.3, -0.25) is 14.4 Å². The molecule has 27 heavy (non-hydrogen) atoms. The average Bonchev–Trinajstić information content (AvgIpc) is 3.12. The van der Waals surface area contributed by atoms with E-state index in [0.717, 1.165) is 24.2 Å². The molecule has 0 aromatic carbocycles. The van der Waals surface area contributed by atoms with Gasteiger partial charge in [-0.05, 0) is 53.5 Å². The lowest BCUT2D eigenvalue weighted by Gasteiger charge is -2.28. The van der Waals surface area contributed by atoms with E-state index in [2.05, 4.69) is 5.32 Å². The smallest absolute Gasteiger partial charge is 0.313 e. The molecule has 0 bridgehead atoms. The van der Waals surface area contributed by atoms with Gasteiger partial charge >= 0.3 is 5.97 Å². The minimum absolute atomic E-state index is 0.112. The highest BCUT2D eigenvalue weighted by atomic mass is 16.5. The van der Waals surface area contributed by atoms with Crippen molar-refractivity contribution in [2.45, 2.75) is 72.3 Å². The van der Waals surface area contributed by atoms with Crippen LogP contribution in [0.15, 0.2) is 6.07 Å². The Morgan fingerprint density at radius 3 is 2.26 bits per heavy atom. The Morgan fingerprint density at radius 2 is 1.78 bits per heavy atom. The van der Waals surface area contributed by atoms with Gasteiger partial charge in [-0.2, -0.15) is 0 Å². The first kappa shape index (κ1) is 21.2. The molecule has 2 rings (SSSR count). The summed E-state index contributed by atoms with van der Waals surface area (Å²) in [6, 6.07) is 1.81. The lowest BCUT2D eigenvalue weighted by molar-refractivity contribution is -0.157. The first-order valence-electron chi connectivity index (χ1n) is 9.59. The molecule has 150 valence electrons. The number of hydrogen-bond acceptors (Lipinski definition) is 4. The van der Waals surface area contributed by atoms with E-state index in [1.165, 1.54) is 0 Å². The van der Waals surface area contributed by atoms with Crippen molar-refractivity contribution >= 4 is 17.7 Å². The van der Waals surface area contributed by atoms with E-state index < -0.39 is 11.4 Å². The fourth-order valence-electron chi connectivity index (χ4n) is 3.77. The van der Waals surface area contributed by atoms with E-state index in [0.29, 0.717) is 18.4 Å². The van der Waals surface area contributed by atoms with Crippen molar-refractivity contribution in [3.05, 3.63) is 23.0 Å². The number of Topliss-reactive ketones (excluding diaryl/α,β-unsaturated/α-hetero) is 1. The number of aromatic nitrogens is 1. The van der Waals surface area contributed by atoms with Gasteiger partial charge in [0, 0.05) is 36.0 Å². The maximum atomic E-state index is 12.8. The minimum atomic E-state index is -0.808. The number of carbonyl (C=O) groups excluding carboxylic acids is 3. The molecule has 0 radical (unpaired) electrons. The molecule has 0 spiro atoms. The van der Waals surface area contributed by atoms with Crippen molar-refractivity contribution in [2.24, 2.45) is 12.5 Å². The van der Waals surface area contributed by atoms with Crippen molar-refractivity contribution in [3.63, 3.8) is 0 Å². The number of ether oxygens (including phenoxy) is 1. The number of hydrogen-bond donors (Lipinski definition) is 1. The molecule has 1 aromatic heterocycles. The van der Waals surface area contributed by atoms with Gasteiger partial charge in [0.05, 0.1) is 5.41 Å². The second-order valence-electron chi connectivity index (χ2n) is 8.81. The van der Waals surface area contributed by atoms with Crippen molar-refractivity contribution in [1.29, 1.82) is 0 Å². The topological polar surface area (TPSA) is 77.4 Å². The van der Waals surface area contributed by atoms with Crippen LogP contribution >= 0.6 is 0 Å². The van der Waals surface area contributed by atoms with Gasteiger partial charge in [0.15, 0.2) is 6.61 Å². The third-order valence-electron chi connectivity index (χ3n) is 5.42. The summed E-state index contributed by atoms with van der Waals surface area (Å²) in [4.78, 5) is 37.7. The highest BCUT2D eigenvalue weighted by molar-refractivity contribution is 5.99. The Balaban J connectivity index is 2.03. The van der Waals surface area contributed by atoms with Crippen LogP contribution in [0.3, 0.4) is 0 Å². The molecule has 1 fully saturated rings. The SMILES string of the molecule is Cc1cc(C(=O)COC(=O)C2(CC(=O)NC(C)(C)C)CCCC2)c(C)n1C. The van der Waals surface area contributed by atoms with E-state index in [-0.39, 0.29) is 30.3 Å². The average molecular weight is 376 g/mol. The third-order valence-corrected chi connectivity index (χ3v) is 5.42. The zero-order valence-corrected chi connectivity index (χ0v) is 17.4. The number of nitrogens with zero attached hydrogens (tertiary/aromatic N) is 1. The summed E-state index contributed by atoms with van der Waals surface area (Å²) in [5.74, 6) is -0.790. The first-order valence-corrected chi connectivity index (χ1v) is 9.59. The van der Waals surface area contributed by atoms with Crippen molar-refractivity contribution in [3.8, 4) is 0 Å². The number of carbonyl (C=O) groups is 3. The molecule has 0 saturated heterocycles. The lowest BCUT2D eigenvalue weighted by atomic mass is 9.82. The Hall–Kier alpha value is -2.11. The summed E-state index contributed by atoms with van der Waals surface area (Å²) in [6.07, 6.45) is 3.15. The Kier molecular flexibility index (Phi) is 6.17. The number of rotatable bonds is 6. The van der Waals surface area contributed by atoms with Crippen LogP contribution in [-0.2, 0) is 21.4 Å². The second-order valence-corrected chi connectivity index (χ2v) is 8.81. The summed E-state index contributed by atoms with van der Waals surface area (Å²) in [6.45, 7) is 9.24. The molecular weight excluding hydrogens is 344 g/mol. The minimum Gasteiger partial charge on any atom is -0.457 e. The predicted molar refractivity (Wildman–Crippen MR) is 104 cm³/mol. The molecule has 1 N–H and O–H groups in total. The molecule has 0 aliphatic heterocycles. The predicted octanol–water partition coefficient (Wildman–Crippen LogP) is 3.23. The molecule has 0 unspecified atom stereocenters. The van der Waals surface area contributed by atoms with E-state index >= 15 is 0 Å². The standard InChI is InChI=1S/C21H32N2O4/c1-14-11-16(15(2)23(14)6)17(24)13-27-19(26)21(9-7-8-10-21)12-18(25)22-20(3,4)5/h11H,7-10,12-13H2,1-6H3,(H,22,25). The summed E-state index contributed by atoms with van der Waals surface area (Å²) in [5, 5.41) is 2.92. The third kappa shape index (κ3) is 4.99. The van der Waals surface area contributed by atoms with Crippen molar-refractivity contribution in [1.82, 2.24) is 9.88 Å². The number of aryl methyl sites for hydroxylation is 1. The van der Waals surface area contributed by atoms with Crippen LogP contribution in [0.2, 0.25) is 0 Å². The maximum Gasteiger partial charge on any atom is 0.313 e. The normalized spacial score (nSPS) is 16.2. The van der Waals surface area contributed by atoms with Gasteiger partial charge in [-0.15, -0.1) is 0 Å². The van der Waals surface area contributed by atoms with Crippen LogP contribution in [0.25, 0.3) is 0 Å². The number of esters is 1. The van der Waals surface area contributed by atoms with Crippen LogP contribution in [0, 0.1) is 19.3 Å². The highest BCUT2D eigenvalue weighted by Gasteiger charge is 2.44. The van der Waals surface area contributed by atoms with E-state index in [9.17, 15) is 14.4 Å². The molecule has 0 atom stereocenters. The van der Waals surface area contributed by atoms with Gasteiger partial charge in [0.25, 0.3) is 0 Å². The van der Waals surface area contributed by atoms with Gasteiger partial charge in [-0.25, -0.2) is 0 Å². The quantitative estimate of drug-likeness (QED) is 0.611. The lowest BCUT2D eigenvalue weighted by Crippen LogP contribution is -2.44. The van der Waals surface area contributed by atoms with E-state index in [1.807, 2.05) is 52.3 Å². The Morgan fingerprint density at radius 1 is 1.19 bits per heavy atom. The van der Waals surface area contributed by atoms with Crippen LogP contribution in [-0.4, -0.2) is 34.4 Å². The summed E-state index contributed by atoms with van der Waals surface area (Å²) in [7, 11) is 1.90. The largest absolute Gasteiger partial charge is 0.457 e. The van der Waals surface area contributed by atoms with Gasteiger partial charge in [-0.1, -0.05) is 12.8 Å². The summed E-state index contributed by atoms with van der Waals surface area (Å²) >= 11 is 0. The molecule has 1 aliphatic rings. The molecule has 1 aromatic rings. The fraction of sp³-hybridized carbons (Fsp3) is 0.667. The summed E-state index contributed by atoms with van der Waals surface area (Å²) < 4.78 is 7.34. The van der Waals surface area contributed by atoms with Crippen LogP contribution in [0.4, 0.5) is 0 Å². The molecule has 6 nitrogen and oxygen atoms in total. The summed E-state index contributed by atoms with van der Waals surface area (Å²) in [5.41, 5.74) is 1.26. The molecule has 1 amide bonds. The maximum absolute atomic E-state index is 12.8. The van der Waals surface area contributed by atoms with E-state index in [4.69, 9.17) is 4.74 Å². The Bertz CT molecular complexity index is 734. The van der Waals surface area contributed by atoms with Crippen molar-refractivity contribution in [2.75, 3.05) is 6.61 Å². The number of ketones is 1. The molecule has 1 aliphatic carbocycles. The van der Waals surface area contributed by atoms with Gasteiger partial charge < -0.3 is 14.6 Å². The number of nitrogens with one attached hydrogen (secondary N) is 1. The van der Waals surface area contributed by atoms with Crippen LogP contribution < -0.4 is 5.32 Å². The molecular formula is C21H32N2O4. The second kappa shape index (κ2) is 7.87. The zero-order chi connectivity index (χ0) is 20.4. The Labute approximate surface area is 161 Å². The molecule has 1 heterocycles. The van der Waals surface area contributed by atoms with Crippen molar-refractivity contribution < 1.29 is 19.1 Å². The van der Waals surface area contributed by atoms with E-state index in [1.54, 1.807) is 0 Å². The van der Waals surface area contributed by atoms with Gasteiger partial charge in [0.2, 0.25) is 11.7 Å². The highest BCUT2D eigenvalue weighted by Crippen LogP contribution is 2.42. The van der Waals surface area contributed by atoms with Crippen LogP contribution in [0.1, 0.15) is 74.6 Å². The zero-order valence-electron chi connectivity index (χ0n) is 17.4. The molecule has 6 heteroatoms.